The maximum absolute atomic E-state index is 10.6. The summed E-state index contributed by atoms with van der Waals surface area (Å²) in [5, 5.41) is 11.7. The minimum Gasteiger partial charge on any atom is -0.384 e. The number of aliphatic hydroxyl groups is 1. The summed E-state index contributed by atoms with van der Waals surface area (Å²) in [5.74, 6) is 0. The van der Waals surface area contributed by atoms with E-state index in [0.29, 0.717) is 0 Å². The predicted molar refractivity (Wildman–Crippen MR) is 92.7 cm³/mol. The molecule has 1 heterocycles. The van der Waals surface area contributed by atoms with Crippen molar-refractivity contribution < 1.29 is 5.11 Å². The highest BCUT2D eigenvalue weighted by Gasteiger charge is 2.14. The molecule has 0 radical (unpaired) electrons. The molecular formula is C16H11BrINO. The van der Waals surface area contributed by atoms with Crippen molar-refractivity contribution in [2.45, 2.75) is 6.10 Å². The molecule has 20 heavy (non-hydrogen) atoms. The standard InChI is InChI=1S/C16H11BrINO/c17-14-6-5-12(18)9-13(14)16(20)11-4-3-10-2-1-7-19-15(10)8-11/h1-9,16,20H. The molecule has 3 aromatic rings. The van der Waals surface area contributed by atoms with E-state index in [4.69, 9.17) is 0 Å². The number of nitrogens with zero attached hydrogens (tertiary/aromatic N) is 1. The van der Waals surface area contributed by atoms with Gasteiger partial charge in [0.25, 0.3) is 0 Å². The van der Waals surface area contributed by atoms with Crippen molar-refractivity contribution in [1.29, 1.82) is 0 Å². The molecule has 0 fully saturated rings. The average molecular weight is 440 g/mol. The summed E-state index contributed by atoms with van der Waals surface area (Å²) in [5.41, 5.74) is 2.61. The van der Waals surface area contributed by atoms with Crippen LogP contribution in [0.5, 0.6) is 0 Å². The maximum Gasteiger partial charge on any atom is 0.105 e. The Balaban J connectivity index is 2.07. The maximum atomic E-state index is 10.6. The molecule has 2 nitrogen and oxygen atoms in total. The van der Waals surface area contributed by atoms with Crippen LogP contribution < -0.4 is 0 Å². The van der Waals surface area contributed by atoms with E-state index < -0.39 is 6.10 Å². The van der Waals surface area contributed by atoms with Gasteiger partial charge < -0.3 is 5.11 Å². The van der Waals surface area contributed by atoms with Gasteiger partial charge in [0.1, 0.15) is 6.10 Å². The summed E-state index contributed by atoms with van der Waals surface area (Å²) in [7, 11) is 0. The number of rotatable bonds is 2. The van der Waals surface area contributed by atoms with Crippen LogP contribution in [0.25, 0.3) is 10.9 Å². The fraction of sp³-hybridized carbons (Fsp3) is 0.0625. The first-order valence-electron chi connectivity index (χ1n) is 6.13. The largest absolute Gasteiger partial charge is 0.384 e. The molecule has 0 bridgehead atoms. The first-order chi connectivity index (χ1) is 9.65. The second-order valence-electron chi connectivity index (χ2n) is 4.52. The molecule has 3 rings (SSSR count). The number of hydrogen-bond donors (Lipinski definition) is 1. The minimum atomic E-state index is -0.662. The van der Waals surface area contributed by atoms with Gasteiger partial charge in [-0.05, 0) is 58.5 Å². The Kier molecular flexibility index (Phi) is 4.05. The fourth-order valence-electron chi connectivity index (χ4n) is 2.16. The molecule has 0 spiro atoms. The topological polar surface area (TPSA) is 33.1 Å². The van der Waals surface area contributed by atoms with Gasteiger partial charge in [0.2, 0.25) is 0 Å². The number of aliphatic hydroxyl groups excluding tert-OH is 1. The highest BCUT2D eigenvalue weighted by atomic mass is 127. The Morgan fingerprint density at radius 2 is 1.95 bits per heavy atom. The van der Waals surface area contributed by atoms with Gasteiger partial charge in [-0.1, -0.05) is 34.1 Å². The van der Waals surface area contributed by atoms with E-state index in [9.17, 15) is 5.11 Å². The lowest BCUT2D eigenvalue weighted by Gasteiger charge is -2.14. The van der Waals surface area contributed by atoms with Crippen molar-refractivity contribution in [3.63, 3.8) is 0 Å². The second kappa shape index (κ2) is 5.79. The molecule has 1 unspecified atom stereocenters. The monoisotopic (exact) mass is 439 g/mol. The van der Waals surface area contributed by atoms with E-state index >= 15 is 0 Å². The molecular weight excluding hydrogens is 429 g/mol. The average Bonchev–Trinajstić information content (AvgIpc) is 2.48. The van der Waals surface area contributed by atoms with Crippen molar-refractivity contribution in [2.75, 3.05) is 0 Å². The third-order valence-electron chi connectivity index (χ3n) is 3.20. The van der Waals surface area contributed by atoms with Crippen LogP contribution in [0.4, 0.5) is 0 Å². The van der Waals surface area contributed by atoms with Gasteiger partial charge in [-0.2, -0.15) is 0 Å². The molecule has 0 aliphatic carbocycles. The summed E-state index contributed by atoms with van der Waals surface area (Å²) in [6.45, 7) is 0. The van der Waals surface area contributed by atoms with E-state index in [2.05, 4.69) is 43.5 Å². The predicted octanol–water partition coefficient (Wildman–Crippen LogP) is 4.68. The van der Waals surface area contributed by atoms with Crippen molar-refractivity contribution in [3.05, 3.63) is 73.9 Å². The van der Waals surface area contributed by atoms with E-state index in [1.807, 2.05) is 48.5 Å². The smallest absolute Gasteiger partial charge is 0.105 e. The Labute approximate surface area is 139 Å². The van der Waals surface area contributed by atoms with Crippen LogP contribution in [-0.2, 0) is 0 Å². The normalized spacial score (nSPS) is 12.6. The number of aromatic nitrogens is 1. The van der Waals surface area contributed by atoms with E-state index in [0.717, 1.165) is 30.1 Å². The molecule has 1 atom stereocenters. The van der Waals surface area contributed by atoms with E-state index in [1.165, 1.54) is 0 Å². The SMILES string of the molecule is OC(c1ccc2cccnc2c1)c1cc(I)ccc1Br. The molecule has 0 saturated carbocycles. The van der Waals surface area contributed by atoms with Gasteiger partial charge >= 0.3 is 0 Å². The van der Waals surface area contributed by atoms with Gasteiger partial charge in [-0.25, -0.2) is 0 Å². The quantitative estimate of drug-likeness (QED) is 0.588. The molecule has 100 valence electrons. The molecule has 0 saturated heterocycles. The third-order valence-corrected chi connectivity index (χ3v) is 4.59. The Morgan fingerprint density at radius 3 is 2.80 bits per heavy atom. The number of hydrogen-bond acceptors (Lipinski definition) is 2. The van der Waals surface area contributed by atoms with Crippen LogP contribution in [0, 0.1) is 3.57 Å². The van der Waals surface area contributed by atoms with Crippen LogP contribution in [0.3, 0.4) is 0 Å². The van der Waals surface area contributed by atoms with Gasteiger partial charge in [0.15, 0.2) is 0 Å². The van der Waals surface area contributed by atoms with Crippen molar-refractivity contribution >= 4 is 49.4 Å². The number of pyridine rings is 1. The first kappa shape index (κ1) is 14.0. The zero-order valence-electron chi connectivity index (χ0n) is 10.4. The highest BCUT2D eigenvalue weighted by Crippen LogP contribution is 2.31. The first-order valence-corrected chi connectivity index (χ1v) is 8.00. The number of halogens is 2. The molecule has 4 heteroatoms. The van der Waals surface area contributed by atoms with E-state index in [-0.39, 0.29) is 0 Å². The van der Waals surface area contributed by atoms with Gasteiger partial charge in [-0.3, -0.25) is 4.98 Å². The summed E-state index contributed by atoms with van der Waals surface area (Å²) in [6, 6.07) is 15.7. The lowest BCUT2D eigenvalue weighted by atomic mass is 10.0. The van der Waals surface area contributed by atoms with Crippen molar-refractivity contribution in [3.8, 4) is 0 Å². The minimum absolute atomic E-state index is 0.662. The molecule has 1 N–H and O–H groups in total. The van der Waals surface area contributed by atoms with Gasteiger partial charge in [-0.15, -0.1) is 0 Å². The van der Waals surface area contributed by atoms with Crippen LogP contribution in [0.15, 0.2) is 59.2 Å². The lowest BCUT2D eigenvalue weighted by Crippen LogP contribution is -2.01. The summed E-state index contributed by atoms with van der Waals surface area (Å²) in [6.07, 6.45) is 1.10. The van der Waals surface area contributed by atoms with Crippen LogP contribution >= 0.6 is 38.5 Å². The van der Waals surface area contributed by atoms with Crippen LogP contribution in [0.1, 0.15) is 17.2 Å². The number of fused-ring (bicyclic) bond motifs is 1. The lowest BCUT2D eigenvalue weighted by molar-refractivity contribution is 0.219. The Morgan fingerprint density at radius 1 is 1.10 bits per heavy atom. The van der Waals surface area contributed by atoms with Gasteiger partial charge in [0, 0.05) is 25.2 Å². The molecule has 0 amide bonds. The van der Waals surface area contributed by atoms with Crippen LogP contribution in [0.2, 0.25) is 0 Å². The highest BCUT2D eigenvalue weighted by molar-refractivity contribution is 14.1. The summed E-state index contributed by atoms with van der Waals surface area (Å²) < 4.78 is 2.00. The Bertz CT molecular complexity index is 775. The number of benzene rings is 2. The van der Waals surface area contributed by atoms with Crippen molar-refractivity contribution in [2.24, 2.45) is 0 Å². The van der Waals surface area contributed by atoms with Crippen molar-refractivity contribution in [1.82, 2.24) is 4.98 Å². The summed E-state index contributed by atoms with van der Waals surface area (Å²) >= 11 is 5.74. The van der Waals surface area contributed by atoms with Gasteiger partial charge in [0.05, 0.1) is 5.52 Å². The molecule has 0 aliphatic rings. The molecule has 1 aromatic heterocycles. The Hall–Kier alpha value is -0.980. The summed E-state index contributed by atoms with van der Waals surface area (Å²) in [4.78, 5) is 4.33. The second-order valence-corrected chi connectivity index (χ2v) is 6.62. The zero-order chi connectivity index (χ0) is 14.1. The van der Waals surface area contributed by atoms with E-state index in [1.54, 1.807) is 6.20 Å². The molecule has 2 aromatic carbocycles. The third kappa shape index (κ3) is 2.73. The van der Waals surface area contributed by atoms with Crippen LogP contribution in [-0.4, -0.2) is 10.1 Å². The molecule has 0 aliphatic heterocycles. The zero-order valence-corrected chi connectivity index (χ0v) is 14.2. The fourth-order valence-corrected chi connectivity index (χ4v) is 3.14.